The molecule has 3 rings (SSSR count). The van der Waals surface area contributed by atoms with Gasteiger partial charge in [-0.05, 0) is 43.2 Å². The van der Waals surface area contributed by atoms with Gasteiger partial charge in [-0.3, -0.25) is 15.3 Å². The molecule has 0 spiro atoms. The highest BCUT2D eigenvalue weighted by Crippen LogP contribution is 2.21. The highest BCUT2D eigenvalue weighted by Gasteiger charge is 2.17. The number of aryl methyl sites for hydroxylation is 1. The summed E-state index contributed by atoms with van der Waals surface area (Å²) in [6.07, 6.45) is 7.73. The van der Waals surface area contributed by atoms with Gasteiger partial charge in [0.05, 0.1) is 6.04 Å². The number of ether oxygens (including phenoxy) is 1. The third-order valence-corrected chi connectivity index (χ3v) is 4.49. The first-order valence-corrected chi connectivity index (χ1v) is 9.26. The molecule has 0 aromatic carbocycles. The van der Waals surface area contributed by atoms with Crippen LogP contribution in [0.3, 0.4) is 0 Å². The number of carbonyl (C=O) groups excluding carboxylic acids is 1. The van der Waals surface area contributed by atoms with Gasteiger partial charge in [0.25, 0.3) is 0 Å². The van der Waals surface area contributed by atoms with Gasteiger partial charge in [-0.2, -0.15) is 5.10 Å². The third kappa shape index (κ3) is 5.29. The molecule has 1 aliphatic heterocycles. The summed E-state index contributed by atoms with van der Waals surface area (Å²) in [5.74, 6) is 1.72. The summed E-state index contributed by atoms with van der Waals surface area (Å²) in [5, 5.41) is 9.93. The molecule has 0 atom stereocenters. The van der Waals surface area contributed by atoms with Crippen LogP contribution in [0.15, 0.2) is 30.6 Å². The van der Waals surface area contributed by atoms with Crippen molar-refractivity contribution in [2.24, 2.45) is 5.92 Å². The lowest BCUT2D eigenvalue weighted by atomic mass is 10.0. The summed E-state index contributed by atoms with van der Waals surface area (Å²) in [7, 11) is 0. The van der Waals surface area contributed by atoms with Crippen molar-refractivity contribution in [3.63, 3.8) is 0 Å². The van der Waals surface area contributed by atoms with E-state index in [1.807, 2.05) is 29.2 Å². The van der Waals surface area contributed by atoms with Crippen LogP contribution in [0, 0.1) is 5.92 Å². The zero-order valence-electron chi connectivity index (χ0n) is 15.4. The molecular formula is C19H27N5O2. The van der Waals surface area contributed by atoms with E-state index >= 15 is 0 Å². The van der Waals surface area contributed by atoms with Crippen LogP contribution in [-0.2, 0) is 11.2 Å². The van der Waals surface area contributed by atoms with E-state index in [4.69, 9.17) is 4.74 Å². The van der Waals surface area contributed by atoms with Gasteiger partial charge < -0.3 is 4.74 Å². The number of nitrogens with one attached hydrogen (secondary N) is 2. The fourth-order valence-corrected chi connectivity index (χ4v) is 2.92. The molecule has 140 valence electrons. The van der Waals surface area contributed by atoms with Gasteiger partial charge in [-0.1, -0.05) is 19.9 Å². The SMILES string of the molecule is CC(C)CCc1ccc(NC(=O)Nc2ccn(C3CCOCC3)n2)nc1. The lowest BCUT2D eigenvalue weighted by Crippen LogP contribution is -2.22. The van der Waals surface area contributed by atoms with Gasteiger partial charge in [-0.25, -0.2) is 9.78 Å². The number of rotatable bonds is 6. The molecule has 1 saturated heterocycles. The Morgan fingerprint density at radius 3 is 2.69 bits per heavy atom. The van der Waals surface area contributed by atoms with Crippen LogP contribution in [0.2, 0.25) is 0 Å². The van der Waals surface area contributed by atoms with Gasteiger partial charge >= 0.3 is 6.03 Å². The number of hydrogen-bond donors (Lipinski definition) is 2. The minimum Gasteiger partial charge on any atom is -0.381 e. The molecule has 2 aromatic heterocycles. The number of carbonyl (C=O) groups is 1. The fourth-order valence-electron chi connectivity index (χ4n) is 2.92. The maximum atomic E-state index is 12.1. The topological polar surface area (TPSA) is 81.1 Å². The Balaban J connectivity index is 1.50. The summed E-state index contributed by atoms with van der Waals surface area (Å²) in [6, 6.07) is 5.63. The maximum Gasteiger partial charge on any atom is 0.326 e. The predicted molar refractivity (Wildman–Crippen MR) is 101 cm³/mol. The van der Waals surface area contributed by atoms with Crippen LogP contribution in [0.25, 0.3) is 0 Å². The Morgan fingerprint density at radius 1 is 1.23 bits per heavy atom. The molecule has 2 amide bonds. The van der Waals surface area contributed by atoms with Gasteiger partial charge in [-0.15, -0.1) is 0 Å². The van der Waals surface area contributed by atoms with Crippen molar-refractivity contribution in [2.75, 3.05) is 23.8 Å². The summed E-state index contributed by atoms with van der Waals surface area (Å²) in [5.41, 5.74) is 1.18. The van der Waals surface area contributed by atoms with Crippen molar-refractivity contribution >= 4 is 17.7 Å². The second-order valence-electron chi connectivity index (χ2n) is 7.09. The first kappa shape index (κ1) is 18.4. The first-order chi connectivity index (χ1) is 12.6. The molecule has 2 aromatic rings. The molecule has 0 bridgehead atoms. The molecule has 1 aliphatic rings. The average Bonchev–Trinajstić information content (AvgIpc) is 3.10. The second kappa shape index (κ2) is 8.80. The molecule has 1 fully saturated rings. The Hall–Kier alpha value is -2.41. The van der Waals surface area contributed by atoms with Crippen molar-refractivity contribution in [1.82, 2.24) is 14.8 Å². The van der Waals surface area contributed by atoms with E-state index in [2.05, 4.69) is 34.6 Å². The molecule has 26 heavy (non-hydrogen) atoms. The van der Waals surface area contributed by atoms with Gasteiger partial charge in [0, 0.05) is 31.7 Å². The van der Waals surface area contributed by atoms with Gasteiger partial charge in [0.1, 0.15) is 5.82 Å². The third-order valence-electron chi connectivity index (χ3n) is 4.49. The molecule has 0 saturated carbocycles. The van der Waals surface area contributed by atoms with Crippen molar-refractivity contribution in [2.45, 2.75) is 45.6 Å². The normalized spacial score (nSPS) is 15.2. The van der Waals surface area contributed by atoms with Crippen molar-refractivity contribution in [3.8, 4) is 0 Å². The average molecular weight is 357 g/mol. The zero-order valence-corrected chi connectivity index (χ0v) is 15.4. The number of pyridine rings is 1. The minimum absolute atomic E-state index is 0.336. The lowest BCUT2D eigenvalue weighted by molar-refractivity contribution is 0.0663. The van der Waals surface area contributed by atoms with Crippen molar-refractivity contribution < 1.29 is 9.53 Å². The quantitative estimate of drug-likeness (QED) is 0.822. The standard InChI is InChI=1S/C19H27N5O2/c1-14(2)3-4-15-5-6-17(20-13-15)21-19(25)22-18-7-10-24(23-18)16-8-11-26-12-9-16/h5-7,10,13-14,16H,3-4,8-9,11-12H2,1-2H3,(H2,20,21,22,23,25). The Kier molecular flexibility index (Phi) is 6.22. The minimum atomic E-state index is -0.343. The van der Waals surface area contributed by atoms with E-state index in [0.29, 0.717) is 23.6 Å². The lowest BCUT2D eigenvalue weighted by Gasteiger charge is -2.22. The Labute approximate surface area is 154 Å². The van der Waals surface area contributed by atoms with Crippen LogP contribution in [0.5, 0.6) is 0 Å². The predicted octanol–water partition coefficient (Wildman–Crippen LogP) is 3.86. The number of hydrogen-bond acceptors (Lipinski definition) is 4. The number of anilines is 2. The number of aromatic nitrogens is 3. The molecule has 3 heterocycles. The Bertz CT molecular complexity index is 705. The van der Waals surface area contributed by atoms with Gasteiger partial charge in [0.15, 0.2) is 5.82 Å². The fraction of sp³-hybridized carbons (Fsp3) is 0.526. The van der Waals surface area contributed by atoms with Gasteiger partial charge in [0.2, 0.25) is 0 Å². The number of amides is 2. The summed E-state index contributed by atoms with van der Waals surface area (Å²) >= 11 is 0. The first-order valence-electron chi connectivity index (χ1n) is 9.26. The molecule has 0 unspecified atom stereocenters. The van der Waals surface area contributed by atoms with E-state index < -0.39 is 0 Å². The molecule has 0 radical (unpaired) electrons. The highest BCUT2D eigenvalue weighted by atomic mass is 16.5. The summed E-state index contributed by atoms with van der Waals surface area (Å²) in [4.78, 5) is 16.4. The molecular weight excluding hydrogens is 330 g/mol. The van der Waals surface area contributed by atoms with E-state index in [9.17, 15) is 4.79 Å². The van der Waals surface area contributed by atoms with Crippen LogP contribution < -0.4 is 10.6 Å². The maximum absolute atomic E-state index is 12.1. The summed E-state index contributed by atoms with van der Waals surface area (Å²) in [6.45, 7) is 5.92. The molecule has 0 aliphatic carbocycles. The van der Waals surface area contributed by atoms with E-state index in [1.54, 1.807) is 6.07 Å². The second-order valence-corrected chi connectivity index (χ2v) is 7.09. The van der Waals surface area contributed by atoms with E-state index in [1.165, 1.54) is 5.56 Å². The highest BCUT2D eigenvalue weighted by molar-refractivity contribution is 5.98. The van der Waals surface area contributed by atoms with Crippen molar-refractivity contribution in [1.29, 1.82) is 0 Å². The van der Waals surface area contributed by atoms with Crippen LogP contribution in [0.4, 0.5) is 16.4 Å². The van der Waals surface area contributed by atoms with Crippen LogP contribution >= 0.6 is 0 Å². The zero-order chi connectivity index (χ0) is 18.4. The number of nitrogens with zero attached hydrogens (tertiary/aromatic N) is 3. The summed E-state index contributed by atoms with van der Waals surface area (Å²) < 4.78 is 7.27. The molecule has 7 heteroatoms. The largest absolute Gasteiger partial charge is 0.381 e. The Morgan fingerprint density at radius 2 is 2.00 bits per heavy atom. The van der Waals surface area contributed by atoms with E-state index in [0.717, 1.165) is 38.9 Å². The monoisotopic (exact) mass is 357 g/mol. The smallest absolute Gasteiger partial charge is 0.326 e. The molecule has 7 nitrogen and oxygen atoms in total. The van der Waals surface area contributed by atoms with Crippen LogP contribution in [0.1, 0.15) is 44.7 Å². The number of urea groups is 1. The van der Waals surface area contributed by atoms with E-state index in [-0.39, 0.29) is 6.03 Å². The van der Waals surface area contributed by atoms with Crippen LogP contribution in [-0.4, -0.2) is 34.0 Å². The van der Waals surface area contributed by atoms with Crippen molar-refractivity contribution in [3.05, 3.63) is 36.2 Å². The molecule has 2 N–H and O–H groups in total.